The molecule has 150 heavy (non-hydrogen) atoms. The first-order chi connectivity index (χ1) is 71.7. The molecular formula is C117H96Br3Cl6F2N9O13. The zero-order valence-electron chi connectivity index (χ0n) is 81.6. The van der Waals surface area contributed by atoms with Gasteiger partial charge in [0.1, 0.15) is 74.2 Å². The van der Waals surface area contributed by atoms with E-state index in [4.69, 9.17) is 90.2 Å². The summed E-state index contributed by atoms with van der Waals surface area (Å²) >= 11 is 45.1. The number of phenolic OH excluding ortho intramolecular Hbond substituents is 8. The van der Waals surface area contributed by atoms with Gasteiger partial charge >= 0.3 is 0 Å². The quantitative estimate of drug-likeness (QED) is 0.0172. The maximum atomic E-state index is 12.7. The molecule has 0 aliphatic carbocycles. The minimum absolute atomic E-state index is 0.00636. The van der Waals surface area contributed by atoms with Crippen LogP contribution in [0.15, 0.2) is 345 Å². The van der Waals surface area contributed by atoms with Crippen LogP contribution < -0.4 is 9.47 Å². The molecule has 0 fully saturated rings. The first-order valence-corrected chi connectivity index (χ1v) is 49.7. The zero-order chi connectivity index (χ0) is 109. The van der Waals surface area contributed by atoms with Crippen LogP contribution in [0.2, 0.25) is 30.1 Å². The van der Waals surface area contributed by atoms with Crippen LogP contribution in [-0.2, 0) is 11.3 Å². The SMILES string of the molecule is C#Cc1cccc(N=Cc2cc(C)cc(Cl)c2O)c1.COc1ccc(N=Cc2cc(C)cc(Br)c2O)cc1.Cc1cc(Br)c(O)c(C=Nc2ccc(F)cc2)c1.Cc1cc(Br)c(O)c(C=Nc2ccccc2)c1.Cc1cc(Cl)c(O)c(C=Nc2ccc(Cl)cc2)c1.Cc1cc(Cl)c(O)c(C=Nc2ccc(F)cc2)c1.Cc1cc(Cl)c(O)c(C=Nc2cccc([N+](=O)[O-])c2Cl)c1.Cc1ccc(O)c(C=Nc2ccc3c(c2)COCO3)c1. The van der Waals surface area contributed by atoms with E-state index in [0.29, 0.717) is 97.8 Å². The molecule has 22 nitrogen and oxygen atoms in total. The van der Waals surface area contributed by atoms with Crippen LogP contribution in [0.1, 0.15) is 100 Å². The number of hydrogen-bond acceptors (Lipinski definition) is 21. The summed E-state index contributed by atoms with van der Waals surface area (Å²) in [7, 11) is 1.63. The van der Waals surface area contributed by atoms with Crippen molar-refractivity contribution in [2.24, 2.45) is 39.9 Å². The molecule has 764 valence electrons. The van der Waals surface area contributed by atoms with Crippen LogP contribution in [0.25, 0.3) is 0 Å². The molecule has 0 unspecified atom stereocenters. The maximum absolute atomic E-state index is 12.7. The lowest BCUT2D eigenvalue weighted by molar-refractivity contribution is -0.384. The maximum Gasteiger partial charge on any atom is 0.290 e. The van der Waals surface area contributed by atoms with Gasteiger partial charge in [0.2, 0.25) is 0 Å². The third kappa shape index (κ3) is 37.0. The number of fused-ring (bicyclic) bond motifs is 1. The van der Waals surface area contributed by atoms with Crippen molar-refractivity contribution in [1.82, 2.24) is 0 Å². The number of rotatable bonds is 18. The molecule has 0 bridgehead atoms. The molecule has 0 saturated heterocycles. The molecule has 8 N–H and O–H groups in total. The average molecular weight is 2330 g/mol. The van der Waals surface area contributed by atoms with E-state index in [1.807, 2.05) is 207 Å². The van der Waals surface area contributed by atoms with Crippen LogP contribution in [0.5, 0.6) is 57.5 Å². The van der Waals surface area contributed by atoms with Gasteiger partial charge < -0.3 is 55.1 Å². The molecule has 0 amide bonds. The number of nitro groups is 1. The first-order valence-electron chi connectivity index (χ1n) is 45.0. The monoisotopic (exact) mass is 2320 g/mol. The average Bonchev–Trinajstić information content (AvgIpc) is 0.848. The number of nitrogens with zero attached hydrogens (tertiary/aromatic N) is 9. The zero-order valence-corrected chi connectivity index (χ0v) is 90.9. The minimum Gasteiger partial charge on any atom is -0.507 e. The molecule has 0 spiro atoms. The van der Waals surface area contributed by atoms with Gasteiger partial charge in [0.15, 0.2) is 6.79 Å². The van der Waals surface area contributed by atoms with Crippen molar-refractivity contribution in [2.45, 2.75) is 62.0 Å². The summed E-state index contributed by atoms with van der Waals surface area (Å²) in [6.07, 6.45) is 17.9. The number of nitro benzene ring substituents is 1. The molecule has 0 radical (unpaired) electrons. The molecule has 0 saturated carbocycles. The molecule has 17 rings (SSSR count). The lowest BCUT2D eigenvalue weighted by Crippen LogP contribution is -2.10. The smallest absolute Gasteiger partial charge is 0.290 e. The number of phenols is 8. The van der Waals surface area contributed by atoms with Crippen molar-refractivity contribution in [3.63, 3.8) is 0 Å². The number of benzene rings is 16. The fourth-order valence-corrected chi connectivity index (χ4v) is 16.6. The predicted octanol–water partition coefficient (Wildman–Crippen LogP) is 33.9. The molecule has 16 aromatic rings. The minimum atomic E-state index is -0.581. The summed E-state index contributed by atoms with van der Waals surface area (Å²) in [6.45, 7) is 16.2. The van der Waals surface area contributed by atoms with Gasteiger partial charge in [0.05, 0.1) is 97.6 Å². The van der Waals surface area contributed by atoms with Gasteiger partial charge in [-0.05, 0) is 391 Å². The summed E-state index contributed by atoms with van der Waals surface area (Å²) in [6, 6.07) is 83.5. The van der Waals surface area contributed by atoms with Crippen molar-refractivity contribution >= 4 is 218 Å². The first kappa shape index (κ1) is 117. The third-order valence-corrected chi connectivity index (χ3v) is 24.3. The van der Waals surface area contributed by atoms with Gasteiger partial charge in [0.25, 0.3) is 5.69 Å². The van der Waals surface area contributed by atoms with E-state index in [1.54, 1.807) is 148 Å². The Morgan fingerprint density at radius 3 is 1.08 bits per heavy atom. The van der Waals surface area contributed by atoms with E-state index in [0.717, 1.165) is 95.6 Å². The lowest BCUT2D eigenvalue weighted by Gasteiger charge is -2.17. The Balaban J connectivity index is 0.000000175. The summed E-state index contributed by atoms with van der Waals surface area (Å²) < 4.78 is 43.1. The molecular weight excluding hydrogens is 2230 g/mol. The summed E-state index contributed by atoms with van der Waals surface area (Å²) in [4.78, 5) is 44.2. The lowest BCUT2D eigenvalue weighted by atomic mass is 10.1. The van der Waals surface area contributed by atoms with Crippen LogP contribution in [0.3, 0.4) is 0 Å². The Morgan fingerprint density at radius 1 is 0.360 bits per heavy atom. The number of methoxy groups -OCH3 is 1. The van der Waals surface area contributed by atoms with Gasteiger partial charge in [-0.3, -0.25) is 50.1 Å². The molecule has 0 aromatic heterocycles. The summed E-state index contributed by atoms with van der Waals surface area (Å²) in [5.41, 5.74) is 19.7. The fourth-order valence-electron chi connectivity index (χ4n) is 13.3. The van der Waals surface area contributed by atoms with Gasteiger partial charge in [-0.25, -0.2) is 8.78 Å². The largest absolute Gasteiger partial charge is 0.507 e. The molecule has 33 heteroatoms. The molecule has 1 aliphatic rings. The van der Waals surface area contributed by atoms with E-state index in [1.165, 1.54) is 48.8 Å². The van der Waals surface area contributed by atoms with E-state index in [-0.39, 0.29) is 84.1 Å². The van der Waals surface area contributed by atoms with Gasteiger partial charge in [-0.1, -0.05) is 117 Å². The number of terminal acetylenes is 1. The summed E-state index contributed by atoms with van der Waals surface area (Å²) in [5.74, 6) is 4.33. The molecule has 1 heterocycles. The Hall–Kier alpha value is -15.2. The predicted molar refractivity (Wildman–Crippen MR) is 617 cm³/mol. The highest BCUT2D eigenvalue weighted by molar-refractivity contribution is 9.11. The van der Waals surface area contributed by atoms with Gasteiger partial charge in [0, 0.05) is 116 Å². The van der Waals surface area contributed by atoms with Crippen molar-refractivity contribution in [2.75, 3.05) is 13.9 Å². The molecule has 0 atom stereocenters. The van der Waals surface area contributed by atoms with Crippen molar-refractivity contribution in [3.05, 3.63) is 457 Å². The summed E-state index contributed by atoms with van der Waals surface area (Å²) in [5, 5.41) is 91.2. The second kappa shape index (κ2) is 58.0. The second-order valence-electron chi connectivity index (χ2n) is 32.8. The number of aromatic hydroxyl groups is 8. The van der Waals surface area contributed by atoms with Crippen molar-refractivity contribution in [3.8, 4) is 69.8 Å². The number of hydrogen-bond donors (Lipinski definition) is 8. The van der Waals surface area contributed by atoms with Gasteiger partial charge in [-0.15, -0.1) is 6.42 Å². The van der Waals surface area contributed by atoms with E-state index in [9.17, 15) is 59.7 Å². The third-order valence-electron chi connectivity index (χ3n) is 20.7. The van der Waals surface area contributed by atoms with E-state index >= 15 is 0 Å². The van der Waals surface area contributed by atoms with E-state index < -0.39 is 4.92 Å². The Labute approximate surface area is 921 Å². The topological polar surface area (TPSA) is 332 Å². The number of aliphatic imine (C=N–C) groups is 8. The highest BCUT2D eigenvalue weighted by atomic mass is 79.9. The fraction of sp³-hybridized carbons (Fsp3) is 0.0940. The highest BCUT2D eigenvalue weighted by Crippen LogP contribution is 2.39. The number of ether oxygens (including phenoxy) is 3. The molecule has 16 aromatic carbocycles. The number of aryl methyl sites for hydroxylation is 8. The second-order valence-corrected chi connectivity index (χ2v) is 37.9. The highest BCUT2D eigenvalue weighted by Gasteiger charge is 2.18. The van der Waals surface area contributed by atoms with Crippen molar-refractivity contribution in [1.29, 1.82) is 0 Å². The van der Waals surface area contributed by atoms with Crippen LogP contribution in [0.4, 0.5) is 60.0 Å². The normalized spacial score (nSPS) is 11.4. The Morgan fingerprint density at radius 2 is 0.687 bits per heavy atom. The number of halogens is 11. The molecule has 1 aliphatic heterocycles. The van der Waals surface area contributed by atoms with E-state index in [2.05, 4.69) is 93.6 Å². The van der Waals surface area contributed by atoms with Gasteiger partial charge in [-0.2, -0.15) is 0 Å². The van der Waals surface area contributed by atoms with Crippen LogP contribution in [0, 0.1) is 89.5 Å². The standard InChI is InChI=1S/C16H12ClNO.C16H15NO3.C15H14BrNO2.C14H11BrFNO.C14H12BrNO.C14H10Cl2N2O3.C14H11Cl2NO.C14H11ClFNO/c1-3-12-5-4-6-14(9-12)18-10-13-7-11(2)8-15(17)16(13)19;1-11-2-4-15(18)12(6-11)8-17-14-3-5-16-13(7-14)9-19-10-20-16;1-10-7-11(15(18)14(16)8-10)9-17-12-3-5-13(19-2)6-4-12;1-9-6-10(14(18)13(15)7-9)8-17-12-4-2-11(16)3-5-12;1-10-7-11(14(17)13(15)8-10)9-16-12-5-3-2-4-6-12;1-8-5-9(14(19)10(15)6-8)7-17-11-3-2-4-12(13(11)16)18(20)21;1-9-6-10(14(18)13(16)7-9)8-17-12-4-2-11(15)3-5-12;1-9-6-10(14(18)13(15)7-9)8-17-12-4-2-11(16)3-5-12/h1,4-10,19H,2H3;2-8,18H,9-10H2,1H3;3-9,18H,1-2H3;2-8,18H,1H3;2-9,17H,1H3;2-7,19H,1H3;2*2-8,18H,1H3. The van der Waals surface area contributed by atoms with Crippen LogP contribution >= 0.6 is 117 Å². The van der Waals surface area contributed by atoms with Crippen LogP contribution in [-0.4, -0.2) is 109 Å². The Bertz CT molecular complexity index is 7500. The Kier molecular flexibility index (Phi) is 45.1. The number of para-hydroxylation sites is 1. The van der Waals surface area contributed by atoms with Crippen molar-refractivity contribution < 1.29 is 68.8 Å².